The lowest BCUT2D eigenvalue weighted by molar-refractivity contribution is -0.182. The Hall–Kier alpha value is -4.92. The van der Waals surface area contributed by atoms with Gasteiger partial charge in [0.1, 0.15) is 17.8 Å². The second kappa shape index (κ2) is 10.4. The van der Waals surface area contributed by atoms with Crippen LogP contribution >= 0.6 is 0 Å². The van der Waals surface area contributed by atoms with Gasteiger partial charge in [-0.1, -0.05) is 11.3 Å². The van der Waals surface area contributed by atoms with E-state index < -0.39 is 35.5 Å². The summed E-state index contributed by atoms with van der Waals surface area (Å²) in [6.07, 6.45) is -4.34. The first-order valence-electron chi connectivity index (χ1n) is 13.6. The SMILES string of the molecule is Cc1nc(F)ccc1[C@H](Nc1cc(C#N)c2ncc(C#N)c(NCC3(C(F)F)CC3)c2c1)c1cn(C2(C(F)(F)F)CC2)nn1. The summed E-state index contributed by atoms with van der Waals surface area (Å²) in [6, 6.07) is 8.57. The van der Waals surface area contributed by atoms with Gasteiger partial charge >= 0.3 is 6.18 Å². The molecule has 4 aromatic rings. The van der Waals surface area contributed by atoms with Gasteiger partial charge in [0.15, 0.2) is 5.54 Å². The van der Waals surface area contributed by atoms with Gasteiger partial charge in [0.2, 0.25) is 12.4 Å². The first kappa shape index (κ1) is 29.2. The molecule has 44 heavy (non-hydrogen) atoms. The van der Waals surface area contributed by atoms with E-state index >= 15 is 0 Å². The summed E-state index contributed by atoms with van der Waals surface area (Å²) in [6.45, 7) is 1.42. The number of alkyl halides is 5. The molecule has 0 spiro atoms. The van der Waals surface area contributed by atoms with E-state index in [1.165, 1.54) is 31.5 Å². The fourth-order valence-corrected chi connectivity index (χ4v) is 5.35. The van der Waals surface area contributed by atoms with Crippen molar-refractivity contribution in [3.63, 3.8) is 0 Å². The van der Waals surface area contributed by atoms with E-state index in [4.69, 9.17) is 0 Å². The Bertz CT molecular complexity index is 1850. The second-order valence-electron chi connectivity index (χ2n) is 11.2. The molecule has 2 aliphatic rings. The van der Waals surface area contributed by atoms with Gasteiger partial charge in [-0.05, 0) is 50.8 Å². The van der Waals surface area contributed by atoms with Crippen LogP contribution < -0.4 is 10.6 Å². The van der Waals surface area contributed by atoms with Crippen LogP contribution in [0.5, 0.6) is 0 Å². The van der Waals surface area contributed by atoms with E-state index in [0.29, 0.717) is 23.8 Å². The molecule has 2 N–H and O–H groups in total. The van der Waals surface area contributed by atoms with Crippen LogP contribution in [0.3, 0.4) is 0 Å². The van der Waals surface area contributed by atoms with Gasteiger partial charge in [0.25, 0.3) is 0 Å². The van der Waals surface area contributed by atoms with E-state index in [-0.39, 0.29) is 58.8 Å². The summed E-state index contributed by atoms with van der Waals surface area (Å²) in [5.74, 6) is -0.761. The van der Waals surface area contributed by atoms with Gasteiger partial charge in [-0.3, -0.25) is 4.98 Å². The number of benzene rings is 1. The van der Waals surface area contributed by atoms with Crippen LogP contribution in [0.2, 0.25) is 0 Å². The summed E-state index contributed by atoms with van der Waals surface area (Å²) in [4.78, 5) is 8.10. The van der Waals surface area contributed by atoms with E-state index in [1.807, 2.05) is 12.1 Å². The molecular formula is C29H23F6N9. The number of anilines is 2. The molecule has 0 radical (unpaired) electrons. The minimum absolute atomic E-state index is 0.0727. The zero-order valence-electron chi connectivity index (χ0n) is 23.1. The zero-order valence-corrected chi connectivity index (χ0v) is 23.1. The highest BCUT2D eigenvalue weighted by atomic mass is 19.4. The molecule has 9 nitrogen and oxygen atoms in total. The van der Waals surface area contributed by atoms with E-state index in [0.717, 1.165) is 10.7 Å². The van der Waals surface area contributed by atoms with Crippen molar-refractivity contribution in [3.8, 4) is 12.1 Å². The molecule has 0 amide bonds. The van der Waals surface area contributed by atoms with Gasteiger partial charge < -0.3 is 10.6 Å². The quantitative estimate of drug-likeness (QED) is 0.171. The van der Waals surface area contributed by atoms with Crippen molar-refractivity contribution < 1.29 is 26.3 Å². The first-order chi connectivity index (χ1) is 20.9. The second-order valence-corrected chi connectivity index (χ2v) is 11.2. The first-order valence-corrected chi connectivity index (χ1v) is 13.6. The van der Waals surface area contributed by atoms with Crippen molar-refractivity contribution in [2.45, 2.75) is 56.8 Å². The lowest BCUT2D eigenvalue weighted by Gasteiger charge is -2.22. The summed E-state index contributed by atoms with van der Waals surface area (Å²) < 4.78 is 83.5. The van der Waals surface area contributed by atoms with Crippen molar-refractivity contribution in [3.05, 3.63) is 70.7 Å². The van der Waals surface area contributed by atoms with Crippen LogP contribution in [-0.2, 0) is 5.54 Å². The summed E-state index contributed by atoms with van der Waals surface area (Å²) in [5, 5.41) is 34.0. The Morgan fingerprint density at radius 2 is 1.80 bits per heavy atom. The van der Waals surface area contributed by atoms with E-state index in [9.17, 15) is 36.9 Å². The fraction of sp³-hybridized carbons (Fsp3) is 0.379. The molecule has 0 bridgehead atoms. The predicted octanol–water partition coefficient (Wildman–Crippen LogP) is 6.12. The fourth-order valence-electron chi connectivity index (χ4n) is 5.35. The Morgan fingerprint density at radius 3 is 2.39 bits per heavy atom. The summed E-state index contributed by atoms with van der Waals surface area (Å²) in [7, 11) is 0. The van der Waals surface area contributed by atoms with Gasteiger partial charge in [-0.15, -0.1) is 5.10 Å². The van der Waals surface area contributed by atoms with Crippen molar-refractivity contribution in [1.29, 1.82) is 10.5 Å². The molecule has 3 aromatic heterocycles. The third-order valence-electron chi connectivity index (χ3n) is 8.40. The molecule has 15 heteroatoms. The number of aromatic nitrogens is 5. The summed E-state index contributed by atoms with van der Waals surface area (Å²) in [5.41, 5.74) is -1.84. The summed E-state index contributed by atoms with van der Waals surface area (Å²) >= 11 is 0. The van der Waals surface area contributed by atoms with Crippen LogP contribution in [0, 0.1) is 40.9 Å². The van der Waals surface area contributed by atoms with Crippen LogP contribution in [0.25, 0.3) is 10.9 Å². The smallest absolute Gasteiger partial charge is 0.383 e. The predicted molar refractivity (Wildman–Crippen MR) is 145 cm³/mol. The monoisotopic (exact) mass is 611 g/mol. The highest BCUT2D eigenvalue weighted by Gasteiger charge is 2.66. The number of fused-ring (bicyclic) bond motifs is 1. The zero-order chi connectivity index (χ0) is 31.4. The maximum absolute atomic E-state index is 13.9. The Kier molecular flexibility index (Phi) is 6.87. The molecule has 0 unspecified atom stereocenters. The molecular weight excluding hydrogens is 588 g/mol. The van der Waals surface area contributed by atoms with Gasteiger partial charge in [-0.25, -0.2) is 18.4 Å². The van der Waals surface area contributed by atoms with Crippen molar-refractivity contribution in [2.24, 2.45) is 5.41 Å². The van der Waals surface area contributed by atoms with Crippen LogP contribution in [0.4, 0.5) is 37.7 Å². The Labute approximate surface area is 246 Å². The standard InChI is InChI=1S/C29H23F6N9/c1-15-19(2-3-22(30)40-15)25(21-13-44(43-42-21)28(6-7-28)29(33,34)35)41-18-8-16(10-36)23-20(9-18)24(17(11-37)12-38-23)39-14-27(4-5-27)26(31)32/h2-3,8-9,12-13,25-26,41H,4-7,14H2,1H3,(H,38,39)/t25-/m0/s1. The molecule has 1 atom stereocenters. The molecule has 2 aliphatic carbocycles. The van der Waals surface area contributed by atoms with Crippen LogP contribution in [0.1, 0.15) is 59.8 Å². The van der Waals surface area contributed by atoms with Crippen LogP contribution in [0.15, 0.2) is 36.7 Å². The highest BCUT2D eigenvalue weighted by Crippen LogP contribution is 2.55. The van der Waals surface area contributed by atoms with Gasteiger partial charge in [0, 0.05) is 40.5 Å². The molecule has 2 fully saturated rings. The minimum atomic E-state index is -4.55. The lowest BCUT2D eigenvalue weighted by Crippen LogP contribution is -2.35. The number of halogens is 6. The topological polar surface area (TPSA) is 128 Å². The number of pyridine rings is 2. The van der Waals surface area contributed by atoms with Crippen LogP contribution in [-0.4, -0.2) is 44.1 Å². The number of nitrogens with zero attached hydrogens (tertiary/aromatic N) is 7. The van der Waals surface area contributed by atoms with E-state index in [1.54, 1.807) is 6.07 Å². The Morgan fingerprint density at radius 1 is 1.07 bits per heavy atom. The maximum Gasteiger partial charge on any atom is 0.413 e. The molecule has 0 aliphatic heterocycles. The molecule has 6 rings (SSSR count). The number of nitriles is 2. The van der Waals surface area contributed by atoms with Crippen molar-refractivity contribution >= 4 is 22.3 Å². The van der Waals surface area contributed by atoms with Crippen molar-refractivity contribution in [1.82, 2.24) is 25.0 Å². The number of hydrogen-bond donors (Lipinski definition) is 2. The molecule has 2 saturated carbocycles. The average molecular weight is 612 g/mol. The number of nitrogens with one attached hydrogen (secondary N) is 2. The normalized spacial score (nSPS) is 17.1. The molecule has 0 saturated heterocycles. The third-order valence-corrected chi connectivity index (χ3v) is 8.40. The van der Waals surface area contributed by atoms with E-state index in [2.05, 4.69) is 30.9 Å². The minimum Gasteiger partial charge on any atom is -0.383 e. The number of rotatable bonds is 9. The lowest BCUT2D eigenvalue weighted by atomic mass is 10.0. The van der Waals surface area contributed by atoms with Gasteiger partial charge in [0.05, 0.1) is 34.6 Å². The third kappa shape index (κ3) is 4.92. The molecule has 1 aromatic carbocycles. The largest absolute Gasteiger partial charge is 0.413 e. The molecule has 226 valence electrons. The van der Waals surface area contributed by atoms with Gasteiger partial charge in [-0.2, -0.15) is 28.1 Å². The average Bonchev–Trinajstić information content (AvgIpc) is 3.91. The highest BCUT2D eigenvalue weighted by molar-refractivity contribution is 5.99. The number of hydrogen-bond acceptors (Lipinski definition) is 8. The Balaban J connectivity index is 1.45. The number of aryl methyl sites for hydroxylation is 1. The maximum atomic E-state index is 13.9. The van der Waals surface area contributed by atoms with Crippen molar-refractivity contribution in [2.75, 3.05) is 17.2 Å². The molecule has 3 heterocycles.